The fourth-order valence-electron chi connectivity index (χ4n) is 4.39. The van der Waals surface area contributed by atoms with Crippen molar-refractivity contribution in [1.82, 2.24) is 10.1 Å². The third kappa shape index (κ3) is 3.55. The maximum atomic E-state index is 12.6. The van der Waals surface area contributed by atoms with Crippen LogP contribution in [0.4, 0.5) is 5.69 Å². The standard InChI is InChI=1S/C22H27N3O3/c1-14-12-19(28-24-14)15-7-10-25(11-8-15)21(27)20(26)23-17-4-5-18-16(13-17)6-9-22(18,2)3/h4-5,12-13,15H,6-11H2,1-3H3,(H,23,26). The zero-order valence-electron chi connectivity index (χ0n) is 16.7. The van der Waals surface area contributed by atoms with Crippen LogP contribution in [0, 0.1) is 6.92 Å². The maximum absolute atomic E-state index is 12.6. The minimum atomic E-state index is -0.564. The summed E-state index contributed by atoms with van der Waals surface area (Å²) in [5.41, 5.74) is 4.34. The SMILES string of the molecule is Cc1cc(C2CCN(C(=O)C(=O)Nc3ccc4c(c3)CCC4(C)C)CC2)on1. The Kier molecular flexibility index (Phi) is 4.73. The second-order valence-electron chi connectivity index (χ2n) is 8.65. The molecule has 0 spiro atoms. The number of hydrogen-bond donors (Lipinski definition) is 1. The topological polar surface area (TPSA) is 75.4 Å². The van der Waals surface area contributed by atoms with Crippen molar-refractivity contribution in [2.75, 3.05) is 18.4 Å². The summed E-state index contributed by atoms with van der Waals surface area (Å²) in [6, 6.07) is 7.93. The molecule has 1 saturated heterocycles. The summed E-state index contributed by atoms with van der Waals surface area (Å²) in [6.45, 7) is 7.48. The van der Waals surface area contributed by atoms with Crippen LogP contribution in [-0.2, 0) is 21.4 Å². The van der Waals surface area contributed by atoms with Crippen LogP contribution in [-0.4, -0.2) is 35.0 Å². The molecule has 1 fully saturated rings. The number of aryl methyl sites for hydroxylation is 2. The number of nitrogens with one attached hydrogen (secondary N) is 1. The molecule has 2 aliphatic rings. The molecule has 1 aromatic heterocycles. The third-order valence-electron chi connectivity index (χ3n) is 6.14. The largest absolute Gasteiger partial charge is 0.361 e. The second-order valence-corrected chi connectivity index (χ2v) is 8.65. The van der Waals surface area contributed by atoms with Gasteiger partial charge in [-0.3, -0.25) is 9.59 Å². The second kappa shape index (κ2) is 7.08. The molecule has 6 nitrogen and oxygen atoms in total. The first-order chi connectivity index (χ1) is 13.3. The van der Waals surface area contributed by atoms with Crippen molar-refractivity contribution in [3.8, 4) is 0 Å². The number of nitrogens with zero attached hydrogens (tertiary/aromatic N) is 2. The lowest BCUT2D eigenvalue weighted by Gasteiger charge is -2.30. The number of piperidine rings is 1. The minimum Gasteiger partial charge on any atom is -0.361 e. The molecule has 0 atom stereocenters. The summed E-state index contributed by atoms with van der Waals surface area (Å²) < 4.78 is 5.34. The van der Waals surface area contributed by atoms with E-state index in [0.717, 1.165) is 37.1 Å². The predicted molar refractivity (Wildman–Crippen MR) is 106 cm³/mol. The van der Waals surface area contributed by atoms with Crippen LogP contribution < -0.4 is 5.32 Å². The monoisotopic (exact) mass is 381 g/mol. The molecule has 1 N–H and O–H groups in total. The smallest absolute Gasteiger partial charge is 0.313 e. The average Bonchev–Trinajstić information content (AvgIpc) is 3.24. The van der Waals surface area contributed by atoms with Crippen molar-refractivity contribution in [2.45, 2.75) is 57.8 Å². The van der Waals surface area contributed by atoms with Crippen LogP contribution in [0.5, 0.6) is 0 Å². The van der Waals surface area contributed by atoms with Crippen molar-refractivity contribution >= 4 is 17.5 Å². The third-order valence-corrected chi connectivity index (χ3v) is 6.14. The summed E-state index contributed by atoms with van der Waals surface area (Å²) in [6.07, 6.45) is 3.68. The van der Waals surface area contributed by atoms with Crippen LogP contribution in [0.25, 0.3) is 0 Å². The molecule has 0 radical (unpaired) electrons. The molecule has 148 valence electrons. The van der Waals surface area contributed by atoms with E-state index in [4.69, 9.17) is 4.52 Å². The summed E-state index contributed by atoms with van der Waals surface area (Å²) in [7, 11) is 0. The van der Waals surface area contributed by atoms with Crippen molar-refractivity contribution in [1.29, 1.82) is 0 Å². The first kappa shape index (κ1) is 18.7. The Labute approximate surface area is 165 Å². The number of hydrogen-bond acceptors (Lipinski definition) is 4. The van der Waals surface area contributed by atoms with E-state index >= 15 is 0 Å². The van der Waals surface area contributed by atoms with E-state index in [1.54, 1.807) is 4.90 Å². The highest BCUT2D eigenvalue weighted by Crippen LogP contribution is 2.39. The van der Waals surface area contributed by atoms with E-state index in [-0.39, 0.29) is 11.3 Å². The molecule has 4 rings (SSSR count). The summed E-state index contributed by atoms with van der Waals surface area (Å²) in [4.78, 5) is 26.7. The lowest BCUT2D eigenvalue weighted by Crippen LogP contribution is -2.43. The number of carbonyl (C=O) groups is 2. The van der Waals surface area contributed by atoms with Gasteiger partial charge in [-0.05, 0) is 61.3 Å². The van der Waals surface area contributed by atoms with Gasteiger partial charge in [-0.25, -0.2) is 0 Å². The lowest BCUT2D eigenvalue weighted by atomic mass is 9.86. The number of amides is 2. The Morgan fingerprint density at radius 2 is 1.96 bits per heavy atom. The zero-order valence-corrected chi connectivity index (χ0v) is 16.7. The summed E-state index contributed by atoms with van der Waals surface area (Å²) in [5, 5.41) is 6.72. The van der Waals surface area contributed by atoms with Crippen LogP contribution in [0.1, 0.15) is 61.6 Å². The Hall–Kier alpha value is -2.63. The van der Waals surface area contributed by atoms with Crippen LogP contribution >= 0.6 is 0 Å². The Morgan fingerprint density at radius 3 is 2.64 bits per heavy atom. The zero-order chi connectivity index (χ0) is 19.9. The molecule has 28 heavy (non-hydrogen) atoms. The molecule has 1 aliphatic heterocycles. The van der Waals surface area contributed by atoms with Gasteiger partial charge in [-0.15, -0.1) is 0 Å². The molecule has 6 heteroatoms. The quantitative estimate of drug-likeness (QED) is 0.807. The molecular formula is C22H27N3O3. The van der Waals surface area contributed by atoms with Gasteiger partial charge in [0.2, 0.25) is 0 Å². The molecule has 2 heterocycles. The van der Waals surface area contributed by atoms with E-state index < -0.39 is 11.8 Å². The number of carbonyl (C=O) groups excluding carboxylic acids is 2. The van der Waals surface area contributed by atoms with Crippen LogP contribution in [0.15, 0.2) is 28.8 Å². The van der Waals surface area contributed by atoms with E-state index in [0.29, 0.717) is 18.8 Å². The molecule has 2 amide bonds. The van der Waals surface area contributed by atoms with Gasteiger partial charge in [0.05, 0.1) is 5.69 Å². The van der Waals surface area contributed by atoms with Gasteiger partial charge in [0.25, 0.3) is 0 Å². The van der Waals surface area contributed by atoms with Crippen LogP contribution in [0.2, 0.25) is 0 Å². The highest BCUT2D eigenvalue weighted by Gasteiger charge is 2.31. The minimum absolute atomic E-state index is 0.181. The van der Waals surface area contributed by atoms with Gasteiger partial charge in [-0.2, -0.15) is 0 Å². The van der Waals surface area contributed by atoms with E-state index in [1.165, 1.54) is 11.1 Å². The molecule has 0 unspecified atom stereocenters. The van der Waals surface area contributed by atoms with Gasteiger partial charge in [0.15, 0.2) is 0 Å². The first-order valence-electron chi connectivity index (χ1n) is 10.0. The normalized spacial score (nSPS) is 18.8. The molecule has 1 aliphatic carbocycles. The highest BCUT2D eigenvalue weighted by molar-refractivity contribution is 6.39. The van der Waals surface area contributed by atoms with E-state index in [9.17, 15) is 9.59 Å². The van der Waals surface area contributed by atoms with E-state index in [1.807, 2.05) is 25.1 Å². The average molecular weight is 381 g/mol. The molecule has 2 aromatic rings. The summed E-state index contributed by atoms with van der Waals surface area (Å²) >= 11 is 0. The van der Waals surface area contributed by atoms with Gasteiger partial charge >= 0.3 is 11.8 Å². The number of benzene rings is 1. The number of rotatable bonds is 2. The van der Waals surface area contributed by atoms with E-state index in [2.05, 4.69) is 30.4 Å². The predicted octanol–water partition coefficient (Wildman–Crippen LogP) is 3.55. The molecule has 0 bridgehead atoms. The molecule has 1 aromatic carbocycles. The van der Waals surface area contributed by atoms with Gasteiger partial charge < -0.3 is 14.7 Å². The number of anilines is 1. The van der Waals surface area contributed by atoms with Crippen molar-refractivity contribution in [2.24, 2.45) is 0 Å². The Morgan fingerprint density at radius 1 is 1.21 bits per heavy atom. The van der Waals surface area contributed by atoms with Crippen molar-refractivity contribution in [3.05, 3.63) is 46.8 Å². The molecule has 0 saturated carbocycles. The first-order valence-corrected chi connectivity index (χ1v) is 10.0. The fourth-order valence-corrected chi connectivity index (χ4v) is 4.39. The summed E-state index contributed by atoms with van der Waals surface area (Å²) in [5.74, 6) is 0.0997. The van der Waals surface area contributed by atoms with Gasteiger partial charge in [0.1, 0.15) is 5.76 Å². The molecular weight excluding hydrogens is 354 g/mol. The number of likely N-dealkylation sites (tertiary alicyclic amines) is 1. The Balaban J connectivity index is 1.35. The van der Waals surface area contributed by atoms with Crippen molar-refractivity contribution < 1.29 is 14.1 Å². The van der Waals surface area contributed by atoms with Crippen molar-refractivity contribution in [3.63, 3.8) is 0 Å². The van der Waals surface area contributed by atoms with Crippen LogP contribution in [0.3, 0.4) is 0 Å². The lowest BCUT2D eigenvalue weighted by molar-refractivity contribution is -0.143. The van der Waals surface area contributed by atoms with Gasteiger partial charge in [-0.1, -0.05) is 25.1 Å². The highest BCUT2D eigenvalue weighted by atomic mass is 16.5. The number of fused-ring (bicyclic) bond motifs is 1. The fraction of sp³-hybridized carbons (Fsp3) is 0.500. The van der Waals surface area contributed by atoms with Gasteiger partial charge in [0, 0.05) is 30.8 Å². The Bertz CT molecular complexity index is 908. The maximum Gasteiger partial charge on any atom is 0.313 e. The number of aromatic nitrogens is 1.